The van der Waals surface area contributed by atoms with Crippen LogP contribution in [0.4, 0.5) is 43.9 Å². The zero-order chi connectivity index (χ0) is 25.4. The summed E-state index contributed by atoms with van der Waals surface area (Å²) in [7, 11) is -0.965. The minimum Gasteiger partial charge on any atom is -0.390 e. The first-order valence-electron chi connectivity index (χ1n) is 8.59. The molecule has 0 nitrogen and oxygen atoms in total. The van der Waals surface area contributed by atoms with Crippen LogP contribution in [-0.2, 0) is 57.4 Å². The molecule has 0 saturated carbocycles. The van der Waals surface area contributed by atoms with Crippen LogP contribution in [0.15, 0.2) is 0 Å². The summed E-state index contributed by atoms with van der Waals surface area (Å²) in [6, 6.07) is 2.05. The molecule has 0 aromatic heterocycles. The van der Waals surface area contributed by atoms with Crippen molar-refractivity contribution in [2.75, 3.05) is 18.5 Å². The summed E-state index contributed by atoms with van der Waals surface area (Å²) in [5.41, 5.74) is 0. The smallest absolute Gasteiger partial charge is 0.390 e. The van der Waals surface area contributed by atoms with Gasteiger partial charge in [-0.2, -0.15) is 0 Å². The first-order valence-corrected chi connectivity index (χ1v) is 11.8. The SMILES string of the molecule is CC[P+](CC)(CC)C(=S)[S-].Fc1[c-]c(F)c(F)c(F)c1F.Fc1[c-]c(F)c(F)c(F)c1F.[Au+].[Au+]. The van der Waals surface area contributed by atoms with Crippen molar-refractivity contribution in [2.45, 2.75) is 20.8 Å². The molecule has 0 spiro atoms. The topological polar surface area (TPSA) is 0 Å². The summed E-state index contributed by atoms with van der Waals surface area (Å²) >= 11 is 10.2. The van der Waals surface area contributed by atoms with Gasteiger partial charge in [-0.25, -0.2) is 26.3 Å². The molecule has 0 aliphatic rings. The first-order chi connectivity index (χ1) is 14.7. The molecule has 34 heavy (non-hydrogen) atoms. The summed E-state index contributed by atoms with van der Waals surface area (Å²) in [6.07, 6.45) is 3.59. The molecule has 15 heteroatoms. The molecule has 200 valence electrons. The molecule has 0 atom stereocenters. The van der Waals surface area contributed by atoms with Gasteiger partial charge in [0, 0.05) is 11.2 Å². The summed E-state index contributed by atoms with van der Waals surface area (Å²) in [5.74, 6) is -20.1. The predicted molar refractivity (Wildman–Crippen MR) is 109 cm³/mol. The van der Waals surface area contributed by atoms with Gasteiger partial charge in [-0.3, -0.25) is 17.6 Å². The van der Waals surface area contributed by atoms with Crippen LogP contribution in [-0.4, -0.2) is 22.4 Å². The molecule has 0 radical (unpaired) electrons. The normalized spacial score (nSPS) is 10.0. The van der Waals surface area contributed by atoms with Crippen molar-refractivity contribution in [3.05, 3.63) is 70.3 Å². The van der Waals surface area contributed by atoms with Crippen molar-refractivity contribution in [1.82, 2.24) is 0 Å². The fraction of sp³-hybridized carbons (Fsp3) is 0.316. The fourth-order valence-corrected chi connectivity index (χ4v) is 6.49. The van der Waals surface area contributed by atoms with Gasteiger partial charge in [-0.05, 0) is 20.8 Å². The van der Waals surface area contributed by atoms with E-state index in [0.717, 1.165) is 16.1 Å². The number of benzene rings is 2. The van der Waals surface area contributed by atoms with Gasteiger partial charge in [0.1, 0.15) is 0 Å². The van der Waals surface area contributed by atoms with E-state index in [0.29, 0.717) is 0 Å². The van der Waals surface area contributed by atoms with Crippen molar-refractivity contribution < 1.29 is 88.7 Å². The van der Waals surface area contributed by atoms with Gasteiger partial charge in [0.05, 0.1) is 76.7 Å². The Labute approximate surface area is 233 Å². The molecule has 0 heterocycles. The Balaban J connectivity index is -0.000000413. The second kappa shape index (κ2) is 17.4. The van der Waals surface area contributed by atoms with E-state index in [1.165, 1.54) is 18.5 Å². The monoisotopic (exact) mass is 922 g/mol. The molecule has 0 amide bonds. The third kappa shape index (κ3) is 10.1. The Kier molecular flexibility index (Phi) is 19.7. The molecule has 0 N–H and O–H groups in total. The van der Waals surface area contributed by atoms with Crippen molar-refractivity contribution in [3.63, 3.8) is 0 Å². The van der Waals surface area contributed by atoms with Crippen LogP contribution in [0, 0.1) is 70.3 Å². The van der Waals surface area contributed by atoms with Gasteiger partial charge >= 0.3 is 44.8 Å². The standard InChI is InChI=1S/C7H15PS2.2C6F5.2Au/c1-4-8(5-2,6-3)7(9)10;2*7-2-1-3(8)5(10)6(11)4(2)9;;/h4-6H2,1-3H3;;;;/q;2*-1;2*+1. The molecule has 0 aliphatic carbocycles. The predicted octanol–water partition coefficient (Wildman–Crippen LogP) is 7.26. The van der Waals surface area contributed by atoms with Crippen molar-refractivity contribution >= 4 is 36.0 Å². The van der Waals surface area contributed by atoms with Gasteiger partial charge in [-0.1, -0.05) is 0 Å². The Bertz CT molecular complexity index is 837. The number of hydrogen-bond acceptors (Lipinski definition) is 2. The zero-order valence-electron chi connectivity index (χ0n) is 17.3. The molecular weight excluding hydrogens is 907 g/mol. The van der Waals surface area contributed by atoms with E-state index in [1.54, 1.807) is 0 Å². The van der Waals surface area contributed by atoms with Gasteiger partial charge < -0.3 is 24.8 Å². The van der Waals surface area contributed by atoms with Crippen LogP contribution in [0.1, 0.15) is 20.8 Å². The van der Waals surface area contributed by atoms with Crippen LogP contribution >= 0.6 is 19.5 Å². The maximum Gasteiger partial charge on any atom is 1.00 e. The average molecular weight is 922 g/mol. The molecule has 2 aromatic carbocycles. The Hall–Kier alpha value is -0.0395. The van der Waals surface area contributed by atoms with Crippen LogP contribution in [0.2, 0.25) is 0 Å². The van der Waals surface area contributed by atoms with Gasteiger partial charge in [-0.15, -0.1) is 12.1 Å². The zero-order valence-corrected chi connectivity index (χ0v) is 24.1. The number of halogens is 10. The molecule has 0 bridgehead atoms. The van der Waals surface area contributed by atoms with Crippen LogP contribution < -0.4 is 0 Å². The molecule has 0 unspecified atom stereocenters. The number of rotatable bonds is 4. The van der Waals surface area contributed by atoms with Crippen molar-refractivity contribution in [1.29, 1.82) is 0 Å². The number of hydrogen-bond donors (Lipinski definition) is 0. The van der Waals surface area contributed by atoms with Crippen LogP contribution in [0.25, 0.3) is 0 Å². The van der Waals surface area contributed by atoms with E-state index in [4.69, 9.17) is 24.8 Å². The van der Waals surface area contributed by atoms with E-state index in [1.807, 2.05) is 0 Å². The third-order valence-corrected chi connectivity index (χ3v) is 10.9. The Morgan fingerprint density at radius 3 is 0.912 bits per heavy atom. The summed E-state index contributed by atoms with van der Waals surface area (Å²) in [4.78, 5) is 0. The van der Waals surface area contributed by atoms with Crippen molar-refractivity contribution in [3.8, 4) is 0 Å². The molecule has 0 fully saturated rings. The second-order valence-electron chi connectivity index (χ2n) is 5.75. The summed E-state index contributed by atoms with van der Waals surface area (Å²) in [5, 5.41) is 0. The molecule has 0 saturated heterocycles. The molecule has 2 aromatic rings. The maximum absolute atomic E-state index is 12.0. The summed E-state index contributed by atoms with van der Waals surface area (Å²) < 4.78 is 121. The minimum absolute atomic E-state index is 0. The fourth-order valence-electron chi connectivity index (χ4n) is 2.05. The van der Waals surface area contributed by atoms with E-state index in [-0.39, 0.29) is 44.8 Å². The first kappa shape index (κ1) is 38.5. The quantitative estimate of drug-likeness (QED) is 0.0464. The van der Waals surface area contributed by atoms with E-state index in [2.05, 4.69) is 20.8 Å². The molecular formula is C19H15Au2F10PS2. The van der Waals surface area contributed by atoms with E-state index < -0.39 is 65.4 Å². The Morgan fingerprint density at radius 1 is 0.588 bits per heavy atom. The van der Waals surface area contributed by atoms with E-state index >= 15 is 0 Å². The van der Waals surface area contributed by atoms with E-state index in [9.17, 15) is 43.9 Å². The Morgan fingerprint density at radius 2 is 0.794 bits per heavy atom. The summed E-state index contributed by atoms with van der Waals surface area (Å²) in [6.45, 7) is 6.62. The minimum atomic E-state index is -2.17. The molecule has 2 rings (SSSR count). The van der Waals surface area contributed by atoms with Crippen LogP contribution in [0.5, 0.6) is 0 Å². The molecule has 0 aliphatic heterocycles. The van der Waals surface area contributed by atoms with Crippen molar-refractivity contribution in [2.24, 2.45) is 0 Å². The average Bonchev–Trinajstić information content (AvgIpc) is 2.76. The van der Waals surface area contributed by atoms with Crippen LogP contribution in [0.3, 0.4) is 0 Å². The maximum atomic E-state index is 12.0. The van der Waals surface area contributed by atoms with Gasteiger partial charge in [0.15, 0.2) is 0 Å². The second-order valence-corrected chi connectivity index (χ2v) is 12.1. The third-order valence-electron chi connectivity index (χ3n) is 4.18. The largest absolute Gasteiger partial charge is 1.00 e. The van der Waals surface area contributed by atoms with Gasteiger partial charge in [0.2, 0.25) is 0 Å². The van der Waals surface area contributed by atoms with Gasteiger partial charge in [0.25, 0.3) is 0 Å². The number of thiocarbonyl (C=S) groups is 1.